The molecule has 1 N–H and O–H groups in total. The van der Waals surface area contributed by atoms with Crippen LogP contribution in [-0.4, -0.2) is 58.5 Å². The van der Waals surface area contributed by atoms with Gasteiger partial charge < -0.3 is 5.32 Å². The molecule has 10 heteroatoms. The summed E-state index contributed by atoms with van der Waals surface area (Å²) in [5.74, 6) is -0.790. The van der Waals surface area contributed by atoms with Crippen molar-refractivity contribution in [3.05, 3.63) is 34.9 Å². The Balaban J connectivity index is 0.00000264. The molecule has 6 nitrogen and oxygen atoms in total. The Morgan fingerprint density at radius 1 is 1.22 bits per heavy atom. The molecule has 1 atom stereocenters. The lowest BCUT2D eigenvalue weighted by Gasteiger charge is -2.35. The number of piperazine rings is 1. The minimum absolute atomic E-state index is 0. The minimum Gasteiger partial charge on any atom is -0.313 e. The summed E-state index contributed by atoms with van der Waals surface area (Å²) in [7, 11) is -7.01. The Hall–Kier alpha value is -0.380. The number of hydrogen-bond acceptors (Lipinski definition) is 5. The van der Waals surface area contributed by atoms with Crippen molar-refractivity contribution in [2.75, 3.05) is 37.4 Å². The van der Waals surface area contributed by atoms with Crippen LogP contribution < -0.4 is 5.32 Å². The summed E-state index contributed by atoms with van der Waals surface area (Å²) < 4.78 is 48.9. The molecule has 1 fully saturated rings. The van der Waals surface area contributed by atoms with Crippen LogP contribution in [-0.2, 0) is 19.9 Å². The summed E-state index contributed by atoms with van der Waals surface area (Å²) in [6.07, 6.45) is 1.03. The fourth-order valence-electron chi connectivity index (χ4n) is 2.40. The number of rotatable bonds is 5. The van der Waals surface area contributed by atoms with Crippen LogP contribution in [0, 0.1) is 0 Å². The van der Waals surface area contributed by atoms with Crippen molar-refractivity contribution in [1.82, 2.24) is 9.62 Å². The quantitative estimate of drug-likeness (QED) is 0.796. The molecule has 1 aromatic rings. The summed E-state index contributed by atoms with van der Waals surface area (Å²) in [5, 5.41) is 3.65. The van der Waals surface area contributed by atoms with E-state index in [4.69, 9.17) is 11.6 Å². The molecule has 1 heterocycles. The highest BCUT2D eigenvalue weighted by Crippen LogP contribution is 2.30. The molecule has 0 aromatic heterocycles. The van der Waals surface area contributed by atoms with E-state index in [1.165, 1.54) is 4.31 Å². The standard InChI is InChI=1S/C13H19ClN2O4S2.ClH/c1-21(17,18)8-9-22(19,20)16-7-6-15-10-13(16)11-4-2-3-5-12(11)14;/h2-5,13,15H,6-10H2,1H3;1H. The van der Waals surface area contributed by atoms with Crippen LogP contribution in [0.1, 0.15) is 11.6 Å². The highest BCUT2D eigenvalue weighted by Gasteiger charge is 2.34. The Labute approximate surface area is 148 Å². The molecular formula is C13H20Cl2N2O4S2. The molecule has 1 aliphatic heterocycles. The lowest BCUT2D eigenvalue weighted by atomic mass is 10.1. The van der Waals surface area contributed by atoms with Crippen molar-refractivity contribution in [1.29, 1.82) is 0 Å². The van der Waals surface area contributed by atoms with E-state index < -0.39 is 31.7 Å². The van der Waals surface area contributed by atoms with Gasteiger partial charge in [-0.1, -0.05) is 29.8 Å². The van der Waals surface area contributed by atoms with Crippen LogP contribution >= 0.6 is 24.0 Å². The van der Waals surface area contributed by atoms with Crippen molar-refractivity contribution < 1.29 is 16.8 Å². The molecule has 2 rings (SSSR count). The van der Waals surface area contributed by atoms with Crippen molar-refractivity contribution in [2.45, 2.75) is 6.04 Å². The maximum Gasteiger partial charge on any atom is 0.215 e. The van der Waals surface area contributed by atoms with E-state index in [9.17, 15) is 16.8 Å². The minimum atomic E-state index is -3.68. The van der Waals surface area contributed by atoms with Gasteiger partial charge >= 0.3 is 0 Å². The van der Waals surface area contributed by atoms with Crippen molar-refractivity contribution in [3.63, 3.8) is 0 Å². The van der Waals surface area contributed by atoms with Crippen LogP contribution in [0.15, 0.2) is 24.3 Å². The molecule has 23 heavy (non-hydrogen) atoms. The highest BCUT2D eigenvalue weighted by atomic mass is 35.5. The summed E-state index contributed by atoms with van der Waals surface area (Å²) >= 11 is 6.18. The Morgan fingerprint density at radius 2 is 1.87 bits per heavy atom. The third-order valence-corrected chi connectivity index (χ3v) is 6.95. The van der Waals surface area contributed by atoms with Crippen LogP contribution in [0.4, 0.5) is 0 Å². The Kier molecular flexibility index (Phi) is 7.31. The molecule has 0 amide bonds. The number of sulfonamides is 1. The van der Waals surface area contributed by atoms with E-state index in [1.54, 1.807) is 24.3 Å². The predicted molar refractivity (Wildman–Crippen MR) is 94.5 cm³/mol. The molecule has 1 saturated heterocycles. The van der Waals surface area contributed by atoms with Gasteiger partial charge in [0.15, 0.2) is 0 Å². The Bertz CT molecular complexity index is 738. The first-order valence-electron chi connectivity index (χ1n) is 6.83. The first-order valence-corrected chi connectivity index (χ1v) is 10.9. The normalized spacial score (nSPS) is 20.0. The SMILES string of the molecule is CS(=O)(=O)CCS(=O)(=O)N1CCNCC1c1ccccc1Cl.Cl. The van der Waals surface area contributed by atoms with Crippen LogP contribution in [0.25, 0.3) is 0 Å². The highest BCUT2D eigenvalue weighted by molar-refractivity contribution is 7.93. The maximum atomic E-state index is 12.5. The zero-order chi connectivity index (χ0) is 16.4. The van der Waals surface area contributed by atoms with Crippen molar-refractivity contribution in [3.8, 4) is 0 Å². The van der Waals surface area contributed by atoms with Gasteiger partial charge in [0, 0.05) is 30.9 Å². The average molecular weight is 403 g/mol. The smallest absolute Gasteiger partial charge is 0.215 e. The topological polar surface area (TPSA) is 83.5 Å². The average Bonchev–Trinajstić information content (AvgIpc) is 2.45. The second kappa shape index (κ2) is 8.13. The lowest BCUT2D eigenvalue weighted by molar-refractivity contribution is 0.272. The van der Waals surface area contributed by atoms with E-state index in [1.807, 2.05) is 0 Å². The maximum absolute atomic E-state index is 12.5. The summed E-state index contributed by atoms with van der Waals surface area (Å²) in [4.78, 5) is 0. The van der Waals surface area contributed by atoms with E-state index >= 15 is 0 Å². The van der Waals surface area contributed by atoms with E-state index in [0.29, 0.717) is 24.7 Å². The fraction of sp³-hybridized carbons (Fsp3) is 0.538. The molecule has 1 unspecified atom stereocenters. The van der Waals surface area contributed by atoms with Gasteiger partial charge in [-0.05, 0) is 11.6 Å². The zero-order valence-electron chi connectivity index (χ0n) is 12.6. The van der Waals surface area contributed by atoms with Crippen LogP contribution in [0.5, 0.6) is 0 Å². The van der Waals surface area contributed by atoms with Gasteiger partial charge in [0.05, 0.1) is 17.5 Å². The van der Waals surface area contributed by atoms with Gasteiger partial charge in [-0.3, -0.25) is 0 Å². The van der Waals surface area contributed by atoms with E-state index in [0.717, 1.165) is 11.8 Å². The molecule has 1 aromatic carbocycles. The van der Waals surface area contributed by atoms with E-state index in [-0.39, 0.29) is 18.2 Å². The number of nitrogens with one attached hydrogen (secondary N) is 1. The van der Waals surface area contributed by atoms with Gasteiger partial charge in [-0.2, -0.15) is 4.31 Å². The molecule has 0 radical (unpaired) electrons. The number of sulfone groups is 1. The van der Waals surface area contributed by atoms with Crippen LogP contribution in [0.3, 0.4) is 0 Å². The second-order valence-electron chi connectivity index (χ2n) is 5.30. The van der Waals surface area contributed by atoms with Gasteiger partial charge in [0.2, 0.25) is 10.0 Å². The fourth-order valence-corrected chi connectivity index (χ4v) is 5.90. The number of halogens is 2. The zero-order valence-corrected chi connectivity index (χ0v) is 15.8. The summed E-state index contributed by atoms with van der Waals surface area (Å²) in [6, 6.07) is 6.67. The predicted octanol–water partition coefficient (Wildman–Crippen LogP) is 1.08. The molecular weight excluding hydrogens is 383 g/mol. The van der Waals surface area contributed by atoms with Gasteiger partial charge in [0.1, 0.15) is 9.84 Å². The monoisotopic (exact) mass is 402 g/mol. The molecule has 132 valence electrons. The number of hydrogen-bond donors (Lipinski definition) is 1. The second-order valence-corrected chi connectivity index (χ2v) is 10.0. The van der Waals surface area contributed by atoms with Gasteiger partial charge in [-0.15, -0.1) is 12.4 Å². The van der Waals surface area contributed by atoms with Gasteiger partial charge in [-0.25, -0.2) is 16.8 Å². The molecule has 0 bridgehead atoms. The van der Waals surface area contributed by atoms with Crippen molar-refractivity contribution >= 4 is 43.9 Å². The van der Waals surface area contributed by atoms with E-state index in [2.05, 4.69) is 5.32 Å². The molecule has 0 saturated carbocycles. The number of nitrogens with zero attached hydrogens (tertiary/aromatic N) is 1. The van der Waals surface area contributed by atoms with Gasteiger partial charge in [0.25, 0.3) is 0 Å². The molecule has 0 aliphatic carbocycles. The first-order chi connectivity index (χ1) is 10.2. The van der Waals surface area contributed by atoms with Crippen molar-refractivity contribution in [2.24, 2.45) is 0 Å². The van der Waals surface area contributed by atoms with Crippen LogP contribution in [0.2, 0.25) is 5.02 Å². The molecule has 1 aliphatic rings. The third-order valence-electron chi connectivity index (χ3n) is 3.53. The first kappa shape index (κ1) is 20.7. The third kappa shape index (κ3) is 5.58. The summed E-state index contributed by atoms with van der Waals surface area (Å²) in [6.45, 7) is 1.27. The Morgan fingerprint density at radius 3 is 2.48 bits per heavy atom. The largest absolute Gasteiger partial charge is 0.313 e. The molecule has 0 spiro atoms. The lowest BCUT2D eigenvalue weighted by Crippen LogP contribution is -2.49. The summed E-state index contributed by atoms with van der Waals surface area (Å²) in [5.41, 5.74) is 0.722. The number of benzene rings is 1.